The molecular weight excluding hydrogens is 246 g/mol. The molecule has 0 spiro atoms. The van der Waals surface area contributed by atoms with Crippen molar-refractivity contribution >= 4 is 18.0 Å². The van der Waals surface area contributed by atoms with Gasteiger partial charge in [0.2, 0.25) is 5.91 Å². The molecule has 19 heavy (non-hydrogen) atoms. The lowest BCUT2D eigenvalue weighted by molar-refractivity contribution is -0.137. The number of hydrogen-bond acceptors (Lipinski definition) is 3. The summed E-state index contributed by atoms with van der Waals surface area (Å²) >= 11 is 0. The summed E-state index contributed by atoms with van der Waals surface area (Å²) in [5.41, 5.74) is 0. The predicted molar refractivity (Wildman–Crippen MR) is 71.6 cm³/mol. The number of carbonyl (C=O) groups excluding carboxylic acids is 1. The number of aryl methyl sites for hydroxylation is 1. The second-order valence-electron chi connectivity index (χ2n) is 4.48. The number of carboxylic acid groups (broad SMARTS) is 1. The molecule has 1 aromatic rings. The smallest absolute Gasteiger partial charge is 0.303 e. The van der Waals surface area contributed by atoms with Gasteiger partial charge in [-0.1, -0.05) is 0 Å². The molecule has 0 bridgehead atoms. The van der Waals surface area contributed by atoms with Crippen molar-refractivity contribution in [3.8, 4) is 0 Å². The second kappa shape index (κ2) is 7.41. The maximum absolute atomic E-state index is 11.6. The van der Waals surface area contributed by atoms with Crippen molar-refractivity contribution in [3.05, 3.63) is 29.7 Å². The largest absolute Gasteiger partial charge is 0.481 e. The first-order valence-corrected chi connectivity index (χ1v) is 6.24. The van der Waals surface area contributed by atoms with Gasteiger partial charge in [-0.15, -0.1) is 0 Å². The average molecular weight is 265 g/mol. The fourth-order valence-electron chi connectivity index (χ4n) is 1.62. The van der Waals surface area contributed by atoms with Gasteiger partial charge in [0.15, 0.2) is 0 Å². The molecule has 0 radical (unpaired) electrons. The van der Waals surface area contributed by atoms with Crippen LogP contribution in [0.1, 0.15) is 37.7 Å². The van der Waals surface area contributed by atoms with E-state index in [1.165, 1.54) is 6.08 Å². The van der Waals surface area contributed by atoms with E-state index in [0.717, 1.165) is 5.76 Å². The topological polar surface area (TPSA) is 79.5 Å². The number of nitrogens with one attached hydrogen (secondary N) is 1. The van der Waals surface area contributed by atoms with Gasteiger partial charge in [-0.05, 0) is 44.9 Å². The molecular formula is C14H19NO4. The molecule has 5 nitrogen and oxygen atoms in total. The SMILES string of the molecule is Cc1ccc(/C=C/C(=O)NC(C)CCCC(=O)O)o1. The lowest BCUT2D eigenvalue weighted by Gasteiger charge is -2.11. The molecule has 1 atom stereocenters. The molecule has 2 N–H and O–H groups in total. The van der Waals surface area contributed by atoms with Crippen LogP contribution < -0.4 is 5.32 Å². The number of rotatable bonds is 7. The minimum atomic E-state index is -0.813. The van der Waals surface area contributed by atoms with E-state index >= 15 is 0 Å². The highest BCUT2D eigenvalue weighted by molar-refractivity contribution is 5.91. The van der Waals surface area contributed by atoms with Gasteiger partial charge in [-0.2, -0.15) is 0 Å². The molecule has 0 saturated heterocycles. The molecule has 0 fully saturated rings. The summed E-state index contributed by atoms with van der Waals surface area (Å²) in [5.74, 6) is 0.400. The third-order valence-electron chi connectivity index (χ3n) is 2.58. The summed E-state index contributed by atoms with van der Waals surface area (Å²) < 4.78 is 5.30. The Labute approximate surface area is 112 Å². The summed E-state index contributed by atoms with van der Waals surface area (Å²) in [5, 5.41) is 11.3. The molecule has 1 aromatic heterocycles. The van der Waals surface area contributed by atoms with Gasteiger partial charge in [0.05, 0.1) is 0 Å². The molecule has 1 heterocycles. The summed E-state index contributed by atoms with van der Waals surface area (Å²) in [4.78, 5) is 21.9. The van der Waals surface area contributed by atoms with Gasteiger partial charge in [-0.25, -0.2) is 0 Å². The van der Waals surface area contributed by atoms with Crippen molar-refractivity contribution in [3.63, 3.8) is 0 Å². The van der Waals surface area contributed by atoms with Crippen molar-refractivity contribution in [2.24, 2.45) is 0 Å². The van der Waals surface area contributed by atoms with E-state index in [1.54, 1.807) is 12.1 Å². The van der Waals surface area contributed by atoms with E-state index in [4.69, 9.17) is 9.52 Å². The molecule has 104 valence electrons. The van der Waals surface area contributed by atoms with Gasteiger partial charge in [0.1, 0.15) is 11.5 Å². The number of carboxylic acids is 1. The Morgan fingerprint density at radius 2 is 2.21 bits per heavy atom. The second-order valence-corrected chi connectivity index (χ2v) is 4.48. The van der Waals surface area contributed by atoms with Gasteiger partial charge < -0.3 is 14.8 Å². The van der Waals surface area contributed by atoms with Crippen LogP contribution >= 0.6 is 0 Å². The summed E-state index contributed by atoms with van der Waals surface area (Å²) in [7, 11) is 0. The monoisotopic (exact) mass is 265 g/mol. The normalized spacial score (nSPS) is 12.5. The van der Waals surface area contributed by atoms with Crippen molar-refractivity contribution in [1.29, 1.82) is 0 Å². The van der Waals surface area contributed by atoms with Crippen LogP contribution in [0.25, 0.3) is 6.08 Å². The first-order valence-electron chi connectivity index (χ1n) is 6.24. The third kappa shape index (κ3) is 6.45. The molecule has 5 heteroatoms. The fourth-order valence-corrected chi connectivity index (χ4v) is 1.62. The van der Waals surface area contributed by atoms with Crippen LogP contribution in [-0.4, -0.2) is 23.0 Å². The number of amides is 1. The van der Waals surface area contributed by atoms with Crippen LogP contribution in [0.4, 0.5) is 0 Å². The van der Waals surface area contributed by atoms with Gasteiger partial charge in [-0.3, -0.25) is 9.59 Å². The van der Waals surface area contributed by atoms with Crippen LogP contribution in [0.15, 0.2) is 22.6 Å². The number of furan rings is 1. The van der Waals surface area contributed by atoms with Crippen LogP contribution in [0.5, 0.6) is 0 Å². The Morgan fingerprint density at radius 3 is 2.79 bits per heavy atom. The predicted octanol–water partition coefficient (Wildman–Crippen LogP) is 2.36. The van der Waals surface area contributed by atoms with Gasteiger partial charge >= 0.3 is 5.97 Å². The fraction of sp³-hybridized carbons (Fsp3) is 0.429. The van der Waals surface area contributed by atoms with Crippen LogP contribution in [0.2, 0.25) is 0 Å². The molecule has 0 aliphatic carbocycles. The summed E-state index contributed by atoms with van der Waals surface area (Å²) in [6.07, 6.45) is 4.34. The quantitative estimate of drug-likeness (QED) is 0.742. The molecule has 0 aliphatic heterocycles. The van der Waals surface area contributed by atoms with Crippen molar-refractivity contribution in [1.82, 2.24) is 5.32 Å². The van der Waals surface area contributed by atoms with Crippen LogP contribution in [0.3, 0.4) is 0 Å². The number of carbonyl (C=O) groups is 2. The highest BCUT2D eigenvalue weighted by atomic mass is 16.4. The zero-order chi connectivity index (χ0) is 14.3. The Hall–Kier alpha value is -2.04. The van der Waals surface area contributed by atoms with E-state index < -0.39 is 5.97 Å². The molecule has 1 unspecified atom stereocenters. The maximum Gasteiger partial charge on any atom is 0.303 e. The standard InChI is InChI=1S/C14H19NO4/c1-10(4-3-5-14(17)18)15-13(16)9-8-12-7-6-11(2)19-12/h6-10H,3-5H2,1-2H3,(H,15,16)(H,17,18)/b9-8+. The Balaban J connectivity index is 2.30. The average Bonchev–Trinajstić information content (AvgIpc) is 2.72. The minimum absolute atomic E-state index is 0.0464. The Kier molecular flexibility index (Phi) is 5.85. The van der Waals surface area contributed by atoms with Crippen LogP contribution in [0, 0.1) is 6.92 Å². The highest BCUT2D eigenvalue weighted by Gasteiger charge is 2.06. The van der Waals surface area contributed by atoms with E-state index in [1.807, 2.05) is 19.9 Å². The Morgan fingerprint density at radius 1 is 1.47 bits per heavy atom. The first kappa shape index (κ1) is 15.0. The van der Waals surface area contributed by atoms with Crippen LogP contribution in [-0.2, 0) is 9.59 Å². The highest BCUT2D eigenvalue weighted by Crippen LogP contribution is 2.07. The van der Waals surface area contributed by atoms with Crippen molar-refractivity contribution in [2.45, 2.75) is 39.2 Å². The third-order valence-corrected chi connectivity index (χ3v) is 2.58. The van der Waals surface area contributed by atoms with Gasteiger partial charge in [0.25, 0.3) is 0 Å². The number of aliphatic carboxylic acids is 1. The molecule has 1 rings (SSSR count). The summed E-state index contributed by atoms with van der Waals surface area (Å²) in [6.45, 7) is 3.69. The number of hydrogen-bond donors (Lipinski definition) is 2. The first-order chi connectivity index (χ1) is 8.97. The minimum Gasteiger partial charge on any atom is -0.481 e. The van der Waals surface area contributed by atoms with Crippen molar-refractivity contribution in [2.75, 3.05) is 0 Å². The summed E-state index contributed by atoms with van der Waals surface area (Å²) in [6, 6.07) is 3.57. The lowest BCUT2D eigenvalue weighted by atomic mass is 10.1. The Bertz CT molecular complexity index is 462. The zero-order valence-electron chi connectivity index (χ0n) is 11.2. The van der Waals surface area contributed by atoms with E-state index in [-0.39, 0.29) is 18.4 Å². The zero-order valence-corrected chi connectivity index (χ0v) is 11.2. The van der Waals surface area contributed by atoms with Gasteiger partial charge in [0, 0.05) is 18.5 Å². The molecule has 0 aromatic carbocycles. The van der Waals surface area contributed by atoms with E-state index in [9.17, 15) is 9.59 Å². The van der Waals surface area contributed by atoms with E-state index in [2.05, 4.69) is 5.32 Å². The maximum atomic E-state index is 11.6. The lowest BCUT2D eigenvalue weighted by Crippen LogP contribution is -2.31. The van der Waals surface area contributed by atoms with Crippen molar-refractivity contribution < 1.29 is 19.1 Å². The molecule has 1 amide bonds. The molecule has 0 saturated carbocycles. The molecule has 0 aliphatic rings. The van der Waals surface area contributed by atoms with E-state index in [0.29, 0.717) is 18.6 Å².